The van der Waals surface area contributed by atoms with Crippen LogP contribution in [0.25, 0.3) is 0 Å². The lowest BCUT2D eigenvalue weighted by molar-refractivity contribution is -0.143. The van der Waals surface area contributed by atoms with Crippen LogP contribution in [0.4, 0.5) is 0 Å². The molecule has 0 saturated heterocycles. The lowest BCUT2D eigenvalue weighted by atomic mass is 10.0. The standard InChI is InChI=1S/C64H121NO5/c1-3-5-7-9-11-13-15-17-33-36-40-44-48-52-56-62(67)61(60-66)65-63(68)57-53-49-45-41-37-34-30-28-26-24-22-20-18-19-21-23-25-27-29-31-35-39-43-47-51-55-59-70-64(69)58-54-50-46-42-38-32-16-14-12-10-8-6-4-2/h8,10,14,16,18,20,61-62,66-67H,3-7,9,11-13,15,17,19,21-60H2,1-2H3,(H,65,68)/b10-8-,16-14-,20-18-. The Labute approximate surface area is 436 Å². The molecule has 0 aliphatic heterocycles. The quantitative estimate of drug-likeness (QED) is 0.0321. The lowest BCUT2D eigenvalue weighted by Crippen LogP contribution is -2.45. The average molecular weight is 985 g/mol. The Morgan fingerprint density at radius 2 is 0.743 bits per heavy atom. The molecule has 3 N–H and O–H groups in total. The molecule has 0 aliphatic carbocycles. The summed E-state index contributed by atoms with van der Waals surface area (Å²) < 4.78 is 5.47. The van der Waals surface area contributed by atoms with Crippen LogP contribution in [-0.2, 0) is 14.3 Å². The minimum atomic E-state index is -0.665. The van der Waals surface area contributed by atoms with Crippen molar-refractivity contribution in [1.82, 2.24) is 5.32 Å². The first-order valence-corrected chi connectivity index (χ1v) is 31.2. The maximum atomic E-state index is 12.5. The van der Waals surface area contributed by atoms with Crippen LogP contribution >= 0.6 is 0 Å². The first-order valence-electron chi connectivity index (χ1n) is 31.2. The number of hydrogen-bond acceptors (Lipinski definition) is 5. The Morgan fingerprint density at radius 1 is 0.400 bits per heavy atom. The van der Waals surface area contributed by atoms with Crippen molar-refractivity contribution >= 4 is 11.9 Å². The Bertz CT molecular complexity index is 1130. The largest absolute Gasteiger partial charge is 0.466 e. The Kier molecular flexibility index (Phi) is 58.0. The molecule has 2 atom stereocenters. The topological polar surface area (TPSA) is 95.9 Å². The molecule has 0 rings (SSSR count). The predicted octanol–water partition coefficient (Wildman–Crippen LogP) is 19.6. The minimum absolute atomic E-state index is 0.00111. The molecule has 2 unspecified atom stereocenters. The number of unbranched alkanes of at least 4 members (excludes halogenated alkanes) is 41. The number of hydrogen-bond donors (Lipinski definition) is 3. The van der Waals surface area contributed by atoms with Crippen LogP contribution in [0.2, 0.25) is 0 Å². The molecule has 0 spiro atoms. The highest BCUT2D eigenvalue weighted by molar-refractivity contribution is 5.76. The number of carbonyl (C=O) groups excluding carboxylic acids is 2. The summed E-state index contributed by atoms with van der Waals surface area (Å²) in [6.07, 6.45) is 74.4. The van der Waals surface area contributed by atoms with Gasteiger partial charge in [-0.25, -0.2) is 0 Å². The van der Waals surface area contributed by atoms with E-state index in [0.717, 1.165) is 51.4 Å². The molecule has 0 heterocycles. The molecule has 0 aromatic heterocycles. The van der Waals surface area contributed by atoms with Gasteiger partial charge in [-0.3, -0.25) is 9.59 Å². The van der Waals surface area contributed by atoms with Crippen molar-refractivity contribution in [2.45, 2.75) is 347 Å². The van der Waals surface area contributed by atoms with E-state index in [4.69, 9.17) is 4.74 Å². The molecular weight excluding hydrogens is 863 g/mol. The summed E-state index contributed by atoms with van der Waals surface area (Å²) >= 11 is 0. The van der Waals surface area contributed by atoms with E-state index < -0.39 is 12.1 Å². The molecule has 0 radical (unpaired) electrons. The van der Waals surface area contributed by atoms with E-state index in [2.05, 4.69) is 55.6 Å². The van der Waals surface area contributed by atoms with Gasteiger partial charge in [0.25, 0.3) is 0 Å². The number of ether oxygens (including phenoxy) is 1. The third kappa shape index (κ3) is 55.4. The number of esters is 1. The maximum Gasteiger partial charge on any atom is 0.305 e. The average Bonchev–Trinajstić information content (AvgIpc) is 3.36. The number of aliphatic hydroxyl groups is 2. The highest BCUT2D eigenvalue weighted by Crippen LogP contribution is 2.17. The molecule has 0 aliphatic rings. The van der Waals surface area contributed by atoms with Gasteiger partial charge in [0.15, 0.2) is 0 Å². The lowest BCUT2D eigenvalue weighted by Gasteiger charge is -2.22. The number of nitrogens with one attached hydrogen (secondary N) is 1. The van der Waals surface area contributed by atoms with Crippen molar-refractivity contribution in [2.24, 2.45) is 0 Å². The molecule has 0 aromatic carbocycles. The second-order valence-electron chi connectivity index (χ2n) is 21.4. The van der Waals surface area contributed by atoms with Crippen LogP contribution in [-0.4, -0.2) is 47.4 Å². The van der Waals surface area contributed by atoms with Gasteiger partial charge in [-0.15, -0.1) is 0 Å². The second kappa shape index (κ2) is 59.6. The highest BCUT2D eigenvalue weighted by Gasteiger charge is 2.20. The number of amides is 1. The summed E-state index contributed by atoms with van der Waals surface area (Å²) in [6, 6.07) is -0.542. The predicted molar refractivity (Wildman–Crippen MR) is 306 cm³/mol. The fraction of sp³-hybridized carbons (Fsp3) is 0.875. The summed E-state index contributed by atoms with van der Waals surface area (Å²) in [4.78, 5) is 24.5. The van der Waals surface area contributed by atoms with Gasteiger partial charge in [-0.2, -0.15) is 0 Å². The van der Waals surface area contributed by atoms with E-state index in [0.29, 0.717) is 25.9 Å². The molecule has 412 valence electrons. The second-order valence-corrected chi connectivity index (χ2v) is 21.4. The fourth-order valence-corrected chi connectivity index (χ4v) is 9.61. The molecule has 0 fully saturated rings. The van der Waals surface area contributed by atoms with Gasteiger partial charge in [0, 0.05) is 12.8 Å². The van der Waals surface area contributed by atoms with Gasteiger partial charge >= 0.3 is 5.97 Å². The van der Waals surface area contributed by atoms with Gasteiger partial charge < -0.3 is 20.3 Å². The third-order valence-electron chi connectivity index (χ3n) is 14.4. The van der Waals surface area contributed by atoms with Crippen LogP contribution in [0.15, 0.2) is 36.5 Å². The normalized spacial score (nSPS) is 12.8. The SMILES string of the molecule is CCC/C=C\C/C=C\CCCCCCCC(=O)OCCCCCCCCCCCCCC/C=C\CCCCCCCCCCCCC(=O)NC(CO)C(O)CCCCCCCCCCCCCCCC. The van der Waals surface area contributed by atoms with Gasteiger partial charge in [0.1, 0.15) is 0 Å². The minimum Gasteiger partial charge on any atom is -0.466 e. The van der Waals surface area contributed by atoms with Crippen molar-refractivity contribution in [3.8, 4) is 0 Å². The van der Waals surface area contributed by atoms with Crippen molar-refractivity contribution in [3.05, 3.63) is 36.5 Å². The van der Waals surface area contributed by atoms with Gasteiger partial charge in [0.05, 0.1) is 25.4 Å². The van der Waals surface area contributed by atoms with E-state index in [1.165, 1.54) is 250 Å². The van der Waals surface area contributed by atoms with E-state index in [9.17, 15) is 19.8 Å². The summed E-state index contributed by atoms with van der Waals surface area (Å²) in [5.41, 5.74) is 0. The van der Waals surface area contributed by atoms with E-state index in [1.807, 2.05) is 0 Å². The third-order valence-corrected chi connectivity index (χ3v) is 14.4. The highest BCUT2D eigenvalue weighted by atomic mass is 16.5. The molecule has 6 nitrogen and oxygen atoms in total. The summed E-state index contributed by atoms with van der Waals surface area (Å²) in [6.45, 7) is 4.89. The number of allylic oxidation sites excluding steroid dienone is 6. The smallest absolute Gasteiger partial charge is 0.305 e. The fourth-order valence-electron chi connectivity index (χ4n) is 9.61. The van der Waals surface area contributed by atoms with Crippen molar-refractivity contribution in [1.29, 1.82) is 0 Å². The zero-order chi connectivity index (χ0) is 50.7. The first kappa shape index (κ1) is 68.1. The number of rotatable bonds is 58. The van der Waals surface area contributed by atoms with Crippen LogP contribution in [0.1, 0.15) is 335 Å². The monoisotopic (exact) mass is 984 g/mol. The molecule has 0 aromatic rings. The van der Waals surface area contributed by atoms with E-state index in [1.54, 1.807) is 0 Å². The summed E-state index contributed by atoms with van der Waals surface area (Å²) in [5.74, 6) is -0.0369. The van der Waals surface area contributed by atoms with Gasteiger partial charge in [-0.05, 0) is 77.0 Å². The molecule has 0 saturated carbocycles. The van der Waals surface area contributed by atoms with E-state index >= 15 is 0 Å². The number of aliphatic hydroxyl groups excluding tert-OH is 2. The van der Waals surface area contributed by atoms with Crippen LogP contribution in [0.3, 0.4) is 0 Å². The Morgan fingerprint density at radius 3 is 1.16 bits per heavy atom. The molecule has 1 amide bonds. The summed E-state index contributed by atoms with van der Waals surface area (Å²) in [7, 11) is 0. The van der Waals surface area contributed by atoms with Crippen molar-refractivity contribution in [3.63, 3.8) is 0 Å². The maximum absolute atomic E-state index is 12.5. The van der Waals surface area contributed by atoms with Crippen LogP contribution < -0.4 is 5.32 Å². The van der Waals surface area contributed by atoms with Crippen molar-refractivity contribution in [2.75, 3.05) is 13.2 Å². The first-order chi connectivity index (χ1) is 34.5. The van der Waals surface area contributed by atoms with Gasteiger partial charge in [0.2, 0.25) is 5.91 Å². The van der Waals surface area contributed by atoms with Crippen LogP contribution in [0.5, 0.6) is 0 Å². The molecular formula is C64H121NO5. The zero-order valence-corrected chi connectivity index (χ0v) is 47.0. The van der Waals surface area contributed by atoms with Gasteiger partial charge in [-0.1, -0.05) is 281 Å². The molecule has 0 bridgehead atoms. The summed E-state index contributed by atoms with van der Waals surface area (Å²) in [5, 5.41) is 23.3. The van der Waals surface area contributed by atoms with Crippen LogP contribution in [0, 0.1) is 0 Å². The molecule has 6 heteroatoms. The Hall–Kier alpha value is -1.92. The zero-order valence-electron chi connectivity index (χ0n) is 47.0. The Balaban J connectivity index is 3.39. The molecule has 70 heavy (non-hydrogen) atoms. The van der Waals surface area contributed by atoms with E-state index in [-0.39, 0.29) is 18.5 Å². The number of carbonyl (C=O) groups is 2. The van der Waals surface area contributed by atoms with Crippen molar-refractivity contribution < 1.29 is 24.5 Å².